The molecular weight excluding hydrogens is 437 g/mol. The van der Waals surface area contributed by atoms with Gasteiger partial charge in [-0.05, 0) is 84.5 Å². The maximum atomic E-state index is 13.8. The molecule has 2 atom stereocenters. The first-order valence-electron chi connectivity index (χ1n) is 12.7. The Morgan fingerprint density at radius 2 is 1.71 bits per heavy atom. The van der Waals surface area contributed by atoms with E-state index in [9.17, 15) is 9.18 Å². The van der Waals surface area contributed by atoms with Crippen LogP contribution in [-0.4, -0.2) is 29.7 Å². The minimum atomic E-state index is -0.209. The Labute approximate surface area is 206 Å². The molecule has 2 bridgehead atoms. The van der Waals surface area contributed by atoms with Gasteiger partial charge in [-0.15, -0.1) is 0 Å². The zero-order valence-corrected chi connectivity index (χ0v) is 20.0. The van der Waals surface area contributed by atoms with Gasteiger partial charge in [0.2, 0.25) is 0 Å². The van der Waals surface area contributed by atoms with Crippen LogP contribution in [0.15, 0.2) is 78.4 Å². The zero-order valence-electron chi connectivity index (χ0n) is 20.0. The lowest BCUT2D eigenvalue weighted by atomic mass is 9.83. The second-order valence-corrected chi connectivity index (χ2v) is 10.1. The summed E-state index contributed by atoms with van der Waals surface area (Å²) >= 11 is 0. The molecule has 4 heteroatoms. The van der Waals surface area contributed by atoms with E-state index in [1.165, 1.54) is 33.9 Å². The normalized spacial score (nSPS) is 20.7. The van der Waals surface area contributed by atoms with Crippen LogP contribution < -0.4 is 0 Å². The number of amides is 1. The summed E-state index contributed by atoms with van der Waals surface area (Å²) in [6.45, 7) is 2.38. The van der Waals surface area contributed by atoms with Gasteiger partial charge in [0.05, 0.1) is 6.04 Å². The highest BCUT2D eigenvalue weighted by atomic mass is 19.1. The van der Waals surface area contributed by atoms with Crippen molar-refractivity contribution >= 4 is 6.09 Å². The standard InChI is InChI=1S/C31H30FNO2/c1-20-13-14-23(32)18-22(20)15-21-16-24-7-6-8-25(17-21)33(24)31(34)35-19-30-28-11-4-2-9-26(28)27-10-3-5-12-29(27)30/h2-5,9-14,16,18,24-25,30H,6-8,15,17,19H2,1H3. The summed E-state index contributed by atoms with van der Waals surface area (Å²) in [4.78, 5) is 15.4. The number of hydrogen-bond donors (Lipinski definition) is 0. The molecule has 1 fully saturated rings. The number of benzene rings is 3. The summed E-state index contributed by atoms with van der Waals surface area (Å²) in [7, 11) is 0. The van der Waals surface area contributed by atoms with Crippen LogP contribution in [0.4, 0.5) is 9.18 Å². The third kappa shape index (κ3) is 4.05. The molecular formula is C31H30FNO2. The largest absolute Gasteiger partial charge is 0.448 e. The molecule has 1 aliphatic carbocycles. The average Bonchev–Trinajstić information content (AvgIpc) is 3.18. The fraction of sp³-hybridized carbons (Fsp3) is 0.323. The van der Waals surface area contributed by atoms with Crippen molar-refractivity contribution in [2.45, 2.75) is 57.0 Å². The molecule has 0 N–H and O–H groups in total. The Hall–Kier alpha value is -3.40. The number of piperidine rings is 1. The van der Waals surface area contributed by atoms with E-state index in [0.717, 1.165) is 43.2 Å². The predicted molar refractivity (Wildman–Crippen MR) is 136 cm³/mol. The van der Waals surface area contributed by atoms with Crippen molar-refractivity contribution in [3.05, 3.63) is 106 Å². The Morgan fingerprint density at radius 3 is 2.43 bits per heavy atom. The molecule has 2 unspecified atom stereocenters. The van der Waals surface area contributed by atoms with Crippen LogP contribution >= 0.6 is 0 Å². The van der Waals surface area contributed by atoms with Crippen molar-refractivity contribution < 1.29 is 13.9 Å². The topological polar surface area (TPSA) is 29.5 Å². The number of halogens is 1. The molecule has 3 aromatic rings. The average molecular weight is 468 g/mol. The molecule has 178 valence electrons. The van der Waals surface area contributed by atoms with E-state index < -0.39 is 0 Å². The third-order valence-corrected chi connectivity index (χ3v) is 7.99. The minimum Gasteiger partial charge on any atom is -0.448 e. The number of fused-ring (bicyclic) bond motifs is 5. The molecule has 35 heavy (non-hydrogen) atoms. The van der Waals surface area contributed by atoms with E-state index >= 15 is 0 Å². The highest BCUT2D eigenvalue weighted by Gasteiger charge is 2.39. The van der Waals surface area contributed by atoms with Gasteiger partial charge in [-0.25, -0.2) is 9.18 Å². The molecule has 1 saturated heterocycles. The Morgan fingerprint density at radius 1 is 1.00 bits per heavy atom. The van der Waals surface area contributed by atoms with E-state index in [1.54, 1.807) is 6.07 Å². The number of hydrogen-bond acceptors (Lipinski definition) is 2. The SMILES string of the molecule is Cc1ccc(F)cc1CC1=CC2CCCC(C1)N2C(=O)OCC1c2ccccc2-c2ccccc21. The molecule has 0 spiro atoms. The van der Waals surface area contributed by atoms with Crippen molar-refractivity contribution in [1.82, 2.24) is 4.90 Å². The molecule has 2 aliphatic heterocycles. The maximum absolute atomic E-state index is 13.8. The van der Waals surface area contributed by atoms with Crippen molar-refractivity contribution in [3.63, 3.8) is 0 Å². The molecule has 0 aromatic heterocycles. The van der Waals surface area contributed by atoms with Crippen molar-refractivity contribution in [3.8, 4) is 11.1 Å². The van der Waals surface area contributed by atoms with Gasteiger partial charge in [0.25, 0.3) is 0 Å². The van der Waals surface area contributed by atoms with Crippen LogP contribution in [0, 0.1) is 12.7 Å². The predicted octanol–water partition coefficient (Wildman–Crippen LogP) is 7.18. The van der Waals surface area contributed by atoms with E-state index in [2.05, 4.69) is 54.6 Å². The van der Waals surface area contributed by atoms with Gasteiger partial charge in [-0.2, -0.15) is 0 Å². The van der Waals surface area contributed by atoms with Crippen LogP contribution in [0.3, 0.4) is 0 Å². The summed E-state index contributed by atoms with van der Waals surface area (Å²) in [5, 5.41) is 0. The Bertz CT molecular complexity index is 1270. The van der Waals surface area contributed by atoms with Crippen molar-refractivity contribution in [2.24, 2.45) is 0 Å². The van der Waals surface area contributed by atoms with Gasteiger partial charge in [-0.3, -0.25) is 4.90 Å². The Balaban J connectivity index is 1.19. The molecule has 6 rings (SSSR count). The second-order valence-electron chi connectivity index (χ2n) is 10.1. The maximum Gasteiger partial charge on any atom is 0.410 e. The van der Waals surface area contributed by atoms with E-state index in [1.807, 2.05) is 17.9 Å². The number of ether oxygens (including phenoxy) is 1. The third-order valence-electron chi connectivity index (χ3n) is 7.99. The highest BCUT2D eigenvalue weighted by Crippen LogP contribution is 2.45. The first-order valence-corrected chi connectivity index (χ1v) is 12.7. The molecule has 0 saturated carbocycles. The summed E-state index contributed by atoms with van der Waals surface area (Å²) in [5.74, 6) is -0.125. The number of aryl methyl sites for hydroxylation is 1. The molecule has 3 aromatic carbocycles. The van der Waals surface area contributed by atoms with Gasteiger partial charge in [-0.1, -0.05) is 66.2 Å². The van der Waals surface area contributed by atoms with E-state index in [-0.39, 0.29) is 29.9 Å². The minimum absolute atomic E-state index is 0.0574. The summed E-state index contributed by atoms with van der Waals surface area (Å²) in [6.07, 6.45) is 6.66. The van der Waals surface area contributed by atoms with Gasteiger partial charge in [0.15, 0.2) is 0 Å². The van der Waals surface area contributed by atoms with Crippen LogP contribution in [-0.2, 0) is 11.2 Å². The van der Waals surface area contributed by atoms with E-state index in [4.69, 9.17) is 4.74 Å². The number of carbonyl (C=O) groups excluding carboxylic acids is 1. The number of carbonyl (C=O) groups is 1. The molecule has 2 heterocycles. The fourth-order valence-electron chi connectivity index (χ4n) is 6.28. The van der Waals surface area contributed by atoms with Crippen LogP contribution in [0.1, 0.15) is 53.9 Å². The van der Waals surface area contributed by atoms with Gasteiger partial charge < -0.3 is 4.74 Å². The summed E-state index contributed by atoms with van der Waals surface area (Å²) < 4.78 is 19.8. The zero-order chi connectivity index (χ0) is 23.9. The smallest absolute Gasteiger partial charge is 0.410 e. The lowest BCUT2D eigenvalue weighted by Crippen LogP contribution is -2.52. The van der Waals surface area contributed by atoms with Gasteiger partial charge in [0.1, 0.15) is 12.4 Å². The first kappa shape index (κ1) is 22.1. The lowest BCUT2D eigenvalue weighted by molar-refractivity contribution is 0.0509. The molecule has 3 aliphatic rings. The first-order chi connectivity index (χ1) is 17.1. The molecule has 0 radical (unpaired) electrons. The Kier molecular flexibility index (Phi) is 5.68. The molecule has 1 amide bonds. The van der Waals surface area contributed by atoms with Crippen LogP contribution in [0.25, 0.3) is 11.1 Å². The quantitative estimate of drug-likeness (QED) is 0.380. The number of nitrogens with zero attached hydrogens (tertiary/aromatic N) is 1. The van der Waals surface area contributed by atoms with Crippen molar-refractivity contribution in [1.29, 1.82) is 0 Å². The summed E-state index contributed by atoms with van der Waals surface area (Å²) in [6, 6.07) is 22.0. The fourth-order valence-corrected chi connectivity index (χ4v) is 6.28. The van der Waals surface area contributed by atoms with Crippen LogP contribution in [0.5, 0.6) is 0 Å². The number of rotatable bonds is 4. The molecule has 3 nitrogen and oxygen atoms in total. The highest BCUT2D eigenvalue weighted by molar-refractivity contribution is 5.79. The summed E-state index contributed by atoms with van der Waals surface area (Å²) in [5.41, 5.74) is 8.37. The van der Waals surface area contributed by atoms with Crippen molar-refractivity contribution in [2.75, 3.05) is 6.61 Å². The van der Waals surface area contributed by atoms with Crippen LogP contribution in [0.2, 0.25) is 0 Å². The monoisotopic (exact) mass is 467 g/mol. The van der Waals surface area contributed by atoms with Gasteiger partial charge >= 0.3 is 6.09 Å². The second kappa shape index (κ2) is 8.99. The lowest BCUT2D eigenvalue weighted by Gasteiger charge is -2.44. The van der Waals surface area contributed by atoms with Gasteiger partial charge in [0, 0.05) is 12.0 Å². The van der Waals surface area contributed by atoms with E-state index in [0.29, 0.717) is 6.61 Å².